The van der Waals surface area contributed by atoms with E-state index in [0.29, 0.717) is 5.82 Å². The minimum Gasteiger partial charge on any atom is -0.385 e. The third-order valence-corrected chi connectivity index (χ3v) is 2.03. The number of nitrogens with one attached hydrogen (secondary N) is 1. The Bertz CT molecular complexity index is 488. The molecule has 0 radical (unpaired) electrons. The Morgan fingerprint density at radius 2 is 1.71 bits per heavy atom. The molecule has 0 aliphatic heterocycles. The number of H-pyrrole nitrogens is 1. The van der Waals surface area contributed by atoms with Gasteiger partial charge in [-0.1, -0.05) is 30.3 Å². The fourth-order valence-corrected chi connectivity index (χ4v) is 1.36. The molecule has 0 fully saturated rings. The summed E-state index contributed by atoms with van der Waals surface area (Å²) in [6.07, 6.45) is 0. The van der Waals surface area contributed by atoms with Gasteiger partial charge in [0.05, 0.1) is 0 Å². The van der Waals surface area contributed by atoms with Gasteiger partial charge in [0.15, 0.2) is 0 Å². The van der Waals surface area contributed by atoms with E-state index >= 15 is 0 Å². The summed E-state index contributed by atoms with van der Waals surface area (Å²) in [4.78, 5) is 13.5. The highest BCUT2D eigenvalue weighted by Crippen LogP contribution is 2.21. The molecule has 1 aromatic carbocycles. The van der Waals surface area contributed by atoms with E-state index in [1.165, 1.54) is 6.07 Å². The average Bonchev–Trinajstić information content (AvgIpc) is 2.19. The molecule has 14 heavy (non-hydrogen) atoms. The SMILES string of the molecule is Nc1[nH]c(=O)ccc1-c1ccccc1. The van der Waals surface area contributed by atoms with Crippen LogP contribution in [0.1, 0.15) is 0 Å². The van der Waals surface area contributed by atoms with Crippen LogP contribution >= 0.6 is 0 Å². The van der Waals surface area contributed by atoms with Gasteiger partial charge in [0.2, 0.25) is 5.56 Å². The molecule has 70 valence electrons. The molecular formula is C11H10N2O. The number of anilines is 1. The van der Waals surface area contributed by atoms with Gasteiger partial charge in [-0.25, -0.2) is 0 Å². The number of nitrogens with two attached hydrogens (primary N) is 1. The fraction of sp³-hybridized carbons (Fsp3) is 0. The lowest BCUT2D eigenvalue weighted by atomic mass is 10.1. The molecular weight excluding hydrogens is 176 g/mol. The molecule has 0 atom stereocenters. The summed E-state index contributed by atoms with van der Waals surface area (Å²) in [5, 5.41) is 0. The molecule has 1 aromatic heterocycles. The van der Waals surface area contributed by atoms with Crippen molar-refractivity contribution in [1.29, 1.82) is 0 Å². The standard InChI is InChI=1S/C11H10N2O/c12-11-9(6-7-10(14)13-11)8-4-2-1-3-5-8/h1-7H,(H3,12,13,14). The number of pyridine rings is 1. The van der Waals surface area contributed by atoms with Gasteiger partial charge in [0, 0.05) is 11.6 Å². The zero-order valence-electron chi connectivity index (χ0n) is 7.53. The Morgan fingerprint density at radius 3 is 2.36 bits per heavy atom. The van der Waals surface area contributed by atoms with Crippen LogP contribution in [0.25, 0.3) is 11.1 Å². The van der Waals surface area contributed by atoms with Gasteiger partial charge < -0.3 is 10.7 Å². The van der Waals surface area contributed by atoms with E-state index in [2.05, 4.69) is 4.98 Å². The van der Waals surface area contributed by atoms with Crippen LogP contribution in [0.15, 0.2) is 47.3 Å². The second-order valence-electron chi connectivity index (χ2n) is 3.02. The highest BCUT2D eigenvalue weighted by atomic mass is 16.1. The predicted molar refractivity (Wildman–Crippen MR) is 56.9 cm³/mol. The van der Waals surface area contributed by atoms with Gasteiger partial charge in [-0.2, -0.15) is 0 Å². The van der Waals surface area contributed by atoms with Gasteiger partial charge in [-0.15, -0.1) is 0 Å². The van der Waals surface area contributed by atoms with Crippen molar-refractivity contribution >= 4 is 5.82 Å². The molecule has 0 saturated carbocycles. The number of benzene rings is 1. The molecule has 0 bridgehead atoms. The minimum absolute atomic E-state index is 0.179. The molecule has 1 heterocycles. The normalized spacial score (nSPS) is 10.0. The maximum Gasteiger partial charge on any atom is 0.249 e. The third kappa shape index (κ3) is 1.52. The summed E-state index contributed by atoms with van der Waals surface area (Å²) in [6.45, 7) is 0. The molecule has 0 aliphatic carbocycles. The van der Waals surface area contributed by atoms with Crippen LogP contribution in [0.5, 0.6) is 0 Å². The zero-order chi connectivity index (χ0) is 9.97. The summed E-state index contributed by atoms with van der Waals surface area (Å²) in [7, 11) is 0. The Kier molecular flexibility index (Phi) is 2.07. The number of rotatable bonds is 1. The molecule has 3 heteroatoms. The van der Waals surface area contributed by atoms with Gasteiger partial charge in [-0.05, 0) is 11.6 Å². The largest absolute Gasteiger partial charge is 0.385 e. The van der Waals surface area contributed by atoms with Crippen LogP contribution in [0.4, 0.5) is 5.82 Å². The van der Waals surface area contributed by atoms with Crippen LogP contribution in [0, 0.1) is 0 Å². The van der Waals surface area contributed by atoms with Crippen LogP contribution in [-0.2, 0) is 0 Å². The maximum absolute atomic E-state index is 10.9. The Hall–Kier alpha value is -2.03. The van der Waals surface area contributed by atoms with E-state index in [1.807, 2.05) is 30.3 Å². The molecule has 0 amide bonds. The molecule has 2 rings (SSSR count). The van der Waals surface area contributed by atoms with Crippen LogP contribution in [-0.4, -0.2) is 4.98 Å². The first kappa shape index (κ1) is 8.56. The minimum atomic E-state index is -0.179. The van der Waals surface area contributed by atoms with Crippen molar-refractivity contribution < 1.29 is 0 Å². The smallest absolute Gasteiger partial charge is 0.249 e. The van der Waals surface area contributed by atoms with Crippen molar-refractivity contribution in [2.45, 2.75) is 0 Å². The number of aromatic amines is 1. The number of aromatic nitrogens is 1. The zero-order valence-corrected chi connectivity index (χ0v) is 7.53. The molecule has 0 aliphatic rings. The molecule has 3 N–H and O–H groups in total. The van der Waals surface area contributed by atoms with Crippen molar-refractivity contribution in [2.24, 2.45) is 0 Å². The van der Waals surface area contributed by atoms with E-state index < -0.39 is 0 Å². The van der Waals surface area contributed by atoms with E-state index in [0.717, 1.165) is 11.1 Å². The molecule has 2 aromatic rings. The van der Waals surface area contributed by atoms with Crippen molar-refractivity contribution in [1.82, 2.24) is 4.98 Å². The topological polar surface area (TPSA) is 58.9 Å². The highest BCUT2D eigenvalue weighted by molar-refractivity contribution is 5.73. The van der Waals surface area contributed by atoms with Gasteiger partial charge in [0.1, 0.15) is 5.82 Å². The van der Waals surface area contributed by atoms with Gasteiger partial charge in [-0.3, -0.25) is 4.79 Å². The van der Waals surface area contributed by atoms with Crippen LogP contribution < -0.4 is 11.3 Å². The lowest BCUT2D eigenvalue weighted by Crippen LogP contribution is -2.07. The first-order valence-corrected chi connectivity index (χ1v) is 4.31. The third-order valence-electron chi connectivity index (χ3n) is 2.03. The number of nitrogen functional groups attached to an aromatic ring is 1. The molecule has 0 spiro atoms. The second kappa shape index (κ2) is 3.38. The second-order valence-corrected chi connectivity index (χ2v) is 3.02. The lowest BCUT2D eigenvalue weighted by molar-refractivity contribution is 1.25. The summed E-state index contributed by atoms with van der Waals surface area (Å²) in [5.74, 6) is 0.406. The van der Waals surface area contributed by atoms with E-state index in [1.54, 1.807) is 6.07 Å². The average molecular weight is 186 g/mol. The van der Waals surface area contributed by atoms with E-state index in [-0.39, 0.29) is 5.56 Å². The first-order chi connectivity index (χ1) is 6.77. The maximum atomic E-state index is 10.9. The Labute approximate surface area is 81.2 Å². The van der Waals surface area contributed by atoms with Crippen molar-refractivity contribution in [3.8, 4) is 11.1 Å². The highest BCUT2D eigenvalue weighted by Gasteiger charge is 2.01. The predicted octanol–water partition coefficient (Wildman–Crippen LogP) is 1.62. The van der Waals surface area contributed by atoms with Crippen LogP contribution in [0.3, 0.4) is 0 Å². The Balaban J connectivity index is 2.58. The van der Waals surface area contributed by atoms with E-state index in [4.69, 9.17) is 5.73 Å². The molecule has 3 nitrogen and oxygen atoms in total. The molecule has 0 unspecified atom stereocenters. The Morgan fingerprint density at radius 1 is 1.00 bits per heavy atom. The first-order valence-electron chi connectivity index (χ1n) is 4.31. The van der Waals surface area contributed by atoms with Crippen molar-refractivity contribution in [3.05, 3.63) is 52.8 Å². The number of hydrogen-bond acceptors (Lipinski definition) is 2. The van der Waals surface area contributed by atoms with E-state index in [9.17, 15) is 4.79 Å². The summed E-state index contributed by atoms with van der Waals surface area (Å²) in [5.41, 5.74) is 7.37. The monoisotopic (exact) mass is 186 g/mol. The summed E-state index contributed by atoms with van der Waals surface area (Å²) in [6, 6.07) is 12.9. The van der Waals surface area contributed by atoms with Crippen LogP contribution in [0.2, 0.25) is 0 Å². The number of hydrogen-bond donors (Lipinski definition) is 2. The summed E-state index contributed by atoms with van der Waals surface area (Å²) >= 11 is 0. The summed E-state index contributed by atoms with van der Waals surface area (Å²) < 4.78 is 0. The van der Waals surface area contributed by atoms with Gasteiger partial charge in [0.25, 0.3) is 0 Å². The fourth-order valence-electron chi connectivity index (χ4n) is 1.36. The lowest BCUT2D eigenvalue weighted by Gasteiger charge is -2.03. The van der Waals surface area contributed by atoms with Gasteiger partial charge >= 0.3 is 0 Å². The quantitative estimate of drug-likeness (QED) is 0.711. The van der Waals surface area contributed by atoms with Crippen molar-refractivity contribution in [2.75, 3.05) is 5.73 Å². The van der Waals surface area contributed by atoms with Crippen molar-refractivity contribution in [3.63, 3.8) is 0 Å². The molecule has 0 saturated heterocycles.